The highest BCUT2D eigenvalue weighted by molar-refractivity contribution is 6.45. The molecule has 6 nitrogen and oxygen atoms in total. The first-order chi connectivity index (χ1) is 12.0. The number of aliphatic hydroxyl groups excluding tert-OH is 1. The van der Waals surface area contributed by atoms with Crippen molar-refractivity contribution in [3.05, 3.63) is 58.8 Å². The lowest BCUT2D eigenvalue weighted by molar-refractivity contribution is -0.121. The van der Waals surface area contributed by atoms with Gasteiger partial charge in [0, 0.05) is 23.2 Å². The topological polar surface area (TPSA) is 76.1 Å². The second-order valence-electron chi connectivity index (χ2n) is 5.25. The van der Waals surface area contributed by atoms with E-state index in [4.69, 9.17) is 21.1 Å². The fraction of sp³-hybridized carbons (Fsp3) is 0.111. The molecule has 7 heteroatoms. The van der Waals surface area contributed by atoms with Crippen LogP contribution in [0.3, 0.4) is 0 Å². The van der Waals surface area contributed by atoms with E-state index in [9.17, 15) is 14.7 Å². The van der Waals surface area contributed by atoms with Crippen molar-refractivity contribution in [3.63, 3.8) is 0 Å². The smallest absolute Gasteiger partial charge is 0.301 e. The van der Waals surface area contributed by atoms with E-state index in [0.29, 0.717) is 22.1 Å². The van der Waals surface area contributed by atoms with Gasteiger partial charge >= 0.3 is 5.91 Å². The normalized spacial score (nSPS) is 14.3. The largest absolute Gasteiger partial charge is 0.502 e. The molecule has 1 heterocycles. The van der Waals surface area contributed by atoms with Crippen LogP contribution in [0.5, 0.6) is 11.5 Å². The average Bonchev–Trinajstić information content (AvgIpc) is 2.84. The van der Waals surface area contributed by atoms with Crippen molar-refractivity contribution in [1.29, 1.82) is 0 Å². The van der Waals surface area contributed by atoms with Crippen molar-refractivity contribution in [2.75, 3.05) is 19.1 Å². The molecule has 2 aromatic rings. The third-order valence-electron chi connectivity index (χ3n) is 3.79. The van der Waals surface area contributed by atoms with Crippen molar-refractivity contribution in [3.8, 4) is 11.5 Å². The van der Waals surface area contributed by atoms with E-state index in [1.54, 1.807) is 30.3 Å². The van der Waals surface area contributed by atoms with Gasteiger partial charge in [0.1, 0.15) is 11.5 Å². The number of methoxy groups -OCH3 is 2. The Balaban J connectivity index is 2.05. The zero-order chi connectivity index (χ0) is 18.1. The van der Waals surface area contributed by atoms with Crippen LogP contribution >= 0.6 is 11.6 Å². The molecule has 0 aromatic heterocycles. The van der Waals surface area contributed by atoms with Crippen molar-refractivity contribution < 1.29 is 24.2 Å². The molecule has 0 unspecified atom stereocenters. The maximum Gasteiger partial charge on any atom is 0.301 e. The highest BCUT2D eigenvalue weighted by Gasteiger charge is 2.40. The first-order valence-electron chi connectivity index (χ1n) is 7.27. The van der Waals surface area contributed by atoms with Crippen LogP contribution in [0, 0.1) is 0 Å². The van der Waals surface area contributed by atoms with Crippen LogP contribution in [0.15, 0.2) is 48.2 Å². The number of hydrogen-bond acceptors (Lipinski definition) is 5. The van der Waals surface area contributed by atoms with Crippen LogP contribution in [0.2, 0.25) is 5.02 Å². The highest BCUT2D eigenvalue weighted by Crippen LogP contribution is 2.35. The standard InChI is InChI=1S/C18H14ClNO5/c1-24-13-7-12(8-14(9-13)25-2)20-17(22)15(16(21)18(20)23)10-3-5-11(19)6-4-10/h3-9,21H,1-2H3. The van der Waals surface area contributed by atoms with Crippen molar-refractivity contribution in [2.24, 2.45) is 0 Å². The number of hydrogen-bond donors (Lipinski definition) is 1. The number of rotatable bonds is 4. The predicted octanol–water partition coefficient (Wildman–Crippen LogP) is 3.20. The van der Waals surface area contributed by atoms with E-state index in [1.165, 1.54) is 26.4 Å². The molecule has 0 bridgehead atoms. The number of carbonyl (C=O) groups is 2. The third-order valence-corrected chi connectivity index (χ3v) is 4.04. The van der Waals surface area contributed by atoms with Crippen molar-refractivity contribution >= 4 is 34.7 Å². The number of amides is 2. The van der Waals surface area contributed by atoms with Crippen molar-refractivity contribution in [2.45, 2.75) is 0 Å². The fourth-order valence-corrected chi connectivity index (χ4v) is 2.68. The quantitative estimate of drug-likeness (QED) is 0.848. The minimum atomic E-state index is -0.815. The lowest BCUT2D eigenvalue weighted by Crippen LogP contribution is -2.31. The van der Waals surface area contributed by atoms with Gasteiger partial charge in [-0.3, -0.25) is 9.59 Å². The summed E-state index contributed by atoms with van der Waals surface area (Å²) >= 11 is 5.84. The zero-order valence-corrected chi connectivity index (χ0v) is 14.2. The van der Waals surface area contributed by atoms with E-state index >= 15 is 0 Å². The second-order valence-corrected chi connectivity index (χ2v) is 5.68. The highest BCUT2D eigenvalue weighted by atomic mass is 35.5. The van der Waals surface area contributed by atoms with Crippen LogP contribution in [-0.4, -0.2) is 31.1 Å². The number of imide groups is 1. The molecule has 1 aliphatic rings. The molecule has 0 atom stereocenters. The van der Waals surface area contributed by atoms with Gasteiger partial charge in [-0.1, -0.05) is 23.7 Å². The summed E-state index contributed by atoms with van der Waals surface area (Å²) in [6, 6.07) is 10.9. The average molecular weight is 360 g/mol. The number of nitrogens with zero attached hydrogens (tertiary/aromatic N) is 1. The monoisotopic (exact) mass is 359 g/mol. The van der Waals surface area contributed by atoms with Crippen LogP contribution in [-0.2, 0) is 9.59 Å². The van der Waals surface area contributed by atoms with Crippen LogP contribution in [0.25, 0.3) is 5.57 Å². The van der Waals surface area contributed by atoms with Crippen LogP contribution < -0.4 is 14.4 Å². The molecule has 1 aliphatic heterocycles. The SMILES string of the molecule is COc1cc(OC)cc(N2C(=O)C(O)=C(c3ccc(Cl)cc3)C2=O)c1. The summed E-state index contributed by atoms with van der Waals surface area (Å²) in [5.41, 5.74) is 0.558. The molecule has 0 saturated heterocycles. The number of benzene rings is 2. The second kappa shape index (κ2) is 6.49. The first-order valence-corrected chi connectivity index (χ1v) is 7.65. The molecule has 2 amide bonds. The van der Waals surface area contributed by atoms with E-state index in [1.807, 2.05) is 0 Å². The van der Waals surface area contributed by atoms with E-state index in [2.05, 4.69) is 0 Å². The molecule has 0 radical (unpaired) electrons. The number of carbonyl (C=O) groups excluding carboxylic acids is 2. The van der Waals surface area contributed by atoms with Gasteiger partial charge < -0.3 is 14.6 Å². The minimum Gasteiger partial charge on any atom is -0.502 e. The summed E-state index contributed by atoms with van der Waals surface area (Å²) in [6.45, 7) is 0. The summed E-state index contributed by atoms with van der Waals surface area (Å²) in [5, 5.41) is 10.7. The van der Waals surface area contributed by atoms with Gasteiger partial charge in [0.05, 0.1) is 25.5 Å². The van der Waals surface area contributed by atoms with Gasteiger partial charge in [-0.15, -0.1) is 0 Å². The third kappa shape index (κ3) is 2.92. The number of anilines is 1. The molecular formula is C18H14ClNO5. The van der Waals surface area contributed by atoms with E-state index < -0.39 is 17.6 Å². The van der Waals surface area contributed by atoms with E-state index in [-0.39, 0.29) is 11.3 Å². The molecule has 0 spiro atoms. The molecule has 1 N–H and O–H groups in total. The van der Waals surface area contributed by atoms with Gasteiger partial charge in [-0.2, -0.15) is 0 Å². The Morgan fingerprint density at radius 2 is 1.48 bits per heavy atom. The predicted molar refractivity (Wildman–Crippen MR) is 93.0 cm³/mol. The van der Waals surface area contributed by atoms with Gasteiger partial charge in [-0.25, -0.2) is 4.90 Å². The molecule has 25 heavy (non-hydrogen) atoms. The minimum absolute atomic E-state index is 0.0801. The molecule has 0 fully saturated rings. The Morgan fingerprint density at radius 1 is 0.920 bits per heavy atom. The Kier molecular flexibility index (Phi) is 4.37. The van der Waals surface area contributed by atoms with E-state index in [0.717, 1.165) is 4.90 Å². The summed E-state index contributed by atoms with van der Waals surface area (Å²) < 4.78 is 10.3. The van der Waals surface area contributed by atoms with Gasteiger partial charge in [0.25, 0.3) is 5.91 Å². The van der Waals surface area contributed by atoms with Gasteiger partial charge in [0.15, 0.2) is 5.76 Å². The summed E-state index contributed by atoms with van der Waals surface area (Å²) in [6.07, 6.45) is 0. The van der Waals surface area contributed by atoms with Crippen LogP contribution in [0.4, 0.5) is 5.69 Å². The number of halogens is 1. The molecular weight excluding hydrogens is 346 g/mol. The maximum absolute atomic E-state index is 12.8. The van der Waals surface area contributed by atoms with Gasteiger partial charge in [-0.05, 0) is 17.7 Å². The lowest BCUT2D eigenvalue weighted by atomic mass is 10.1. The van der Waals surface area contributed by atoms with Crippen molar-refractivity contribution in [1.82, 2.24) is 0 Å². The Hall–Kier alpha value is -2.99. The fourth-order valence-electron chi connectivity index (χ4n) is 2.55. The maximum atomic E-state index is 12.8. The van der Waals surface area contributed by atoms with Gasteiger partial charge in [0.2, 0.25) is 0 Å². The molecule has 0 saturated carbocycles. The zero-order valence-electron chi connectivity index (χ0n) is 13.4. The Bertz CT molecular complexity index is 867. The Labute approximate surface area is 148 Å². The summed E-state index contributed by atoms with van der Waals surface area (Å²) in [7, 11) is 2.92. The molecule has 2 aromatic carbocycles. The first kappa shape index (κ1) is 16.9. The number of aliphatic hydroxyl groups is 1. The molecule has 0 aliphatic carbocycles. The Morgan fingerprint density at radius 3 is 2.00 bits per heavy atom. The molecule has 128 valence electrons. The number of ether oxygens (including phenoxy) is 2. The lowest BCUT2D eigenvalue weighted by Gasteiger charge is -2.16. The summed E-state index contributed by atoms with van der Waals surface area (Å²) in [4.78, 5) is 26.1. The van der Waals surface area contributed by atoms with Crippen LogP contribution in [0.1, 0.15) is 5.56 Å². The molecule has 3 rings (SSSR count). The summed E-state index contributed by atoms with van der Waals surface area (Å²) in [5.74, 6) is -1.25.